The van der Waals surface area contributed by atoms with E-state index in [1.807, 2.05) is 24.7 Å². The molecule has 0 N–H and O–H groups in total. The summed E-state index contributed by atoms with van der Waals surface area (Å²) in [5, 5.41) is 2.35. The molecule has 0 fully saturated rings. The summed E-state index contributed by atoms with van der Waals surface area (Å²) in [7, 11) is 0. The maximum absolute atomic E-state index is 11.6. The van der Waals surface area contributed by atoms with Gasteiger partial charge in [0.25, 0.3) is 0 Å². The summed E-state index contributed by atoms with van der Waals surface area (Å²) in [5.74, 6) is 0. The van der Waals surface area contributed by atoms with E-state index in [-0.39, 0.29) is 0 Å². The van der Waals surface area contributed by atoms with E-state index >= 15 is 0 Å². The molecule has 0 saturated carbocycles. The van der Waals surface area contributed by atoms with E-state index < -0.39 is 11.8 Å². The molecule has 0 spiro atoms. The van der Waals surface area contributed by atoms with Gasteiger partial charge in [-0.25, -0.2) is 14.8 Å². The van der Waals surface area contributed by atoms with Crippen LogP contribution in [0.5, 0.6) is 0 Å². The van der Waals surface area contributed by atoms with E-state index in [1.54, 1.807) is 25.8 Å². The van der Waals surface area contributed by atoms with E-state index in [9.17, 15) is 4.79 Å². The van der Waals surface area contributed by atoms with Crippen LogP contribution >= 0.6 is 11.8 Å². The monoisotopic (exact) mass is 323 g/mol. The van der Waals surface area contributed by atoms with Crippen LogP contribution in [0.2, 0.25) is 0 Å². The molecule has 1 aromatic heterocycles. The zero-order valence-corrected chi connectivity index (χ0v) is 14.1. The van der Waals surface area contributed by atoms with Gasteiger partial charge in [0.1, 0.15) is 5.60 Å². The first kappa shape index (κ1) is 16.8. The van der Waals surface area contributed by atoms with Crippen LogP contribution in [0.15, 0.2) is 23.6 Å². The van der Waals surface area contributed by atoms with Crippen LogP contribution in [0.4, 0.5) is 4.79 Å². The van der Waals surface area contributed by atoms with Crippen molar-refractivity contribution >= 4 is 23.5 Å². The lowest BCUT2D eigenvalue weighted by Crippen LogP contribution is -2.34. The minimum Gasteiger partial charge on any atom is -0.427 e. The van der Waals surface area contributed by atoms with Crippen LogP contribution in [0, 0.1) is 0 Å². The number of hydrogen-bond acceptors (Lipinski definition) is 7. The standard InChI is InChI=1S/C15H21N3O3S/c1-15(2,3)20-14(19)21-18-7-5-11(6-8-18)12-9-16-13(22-4)17-10-12/h5,9-10H,6-8H2,1-4H3. The predicted molar refractivity (Wildman–Crippen MR) is 85.3 cm³/mol. The molecule has 2 heterocycles. The average Bonchev–Trinajstić information content (AvgIpc) is 2.46. The van der Waals surface area contributed by atoms with Gasteiger partial charge in [-0.2, -0.15) is 0 Å². The second-order valence-corrected chi connectivity index (χ2v) is 6.65. The third kappa shape index (κ3) is 4.99. The summed E-state index contributed by atoms with van der Waals surface area (Å²) in [4.78, 5) is 25.3. The van der Waals surface area contributed by atoms with E-state index in [1.165, 1.54) is 11.8 Å². The number of carbonyl (C=O) groups excluding carboxylic acids is 1. The first-order valence-corrected chi connectivity index (χ1v) is 8.31. The van der Waals surface area contributed by atoms with Gasteiger partial charge in [-0.15, -0.1) is 5.06 Å². The summed E-state index contributed by atoms with van der Waals surface area (Å²) >= 11 is 1.51. The minimum atomic E-state index is -0.669. The fraction of sp³-hybridized carbons (Fsp3) is 0.533. The fourth-order valence-electron chi connectivity index (χ4n) is 1.96. The van der Waals surface area contributed by atoms with Crippen LogP contribution in [0.3, 0.4) is 0 Å². The van der Waals surface area contributed by atoms with Gasteiger partial charge in [-0.05, 0) is 39.0 Å². The lowest BCUT2D eigenvalue weighted by Gasteiger charge is -2.26. The molecule has 0 aromatic carbocycles. The number of ether oxygens (including phenoxy) is 1. The van der Waals surface area contributed by atoms with Crippen LogP contribution in [-0.4, -0.2) is 46.1 Å². The Kier molecular flexibility index (Phi) is 5.42. The van der Waals surface area contributed by atoms with Gasteiger partial charge in [-0.3, -0.25) is 0 Å². The summed E-state index contributed by atoms with van der Waals surface area (Å²) < 4.78 is 5.13. The summed E-state index contributed by atoms with van der Waals surface area (Å²) in [6, 6.07) is 0. The van der Waals surface area contributed by atoms with Gasteiger partial charge in [0.2, 0.25) is 0 Å². The van der Waals surface area contributed by atoms with Crippen molar-refractivity contribution in [1.29, 1.82) is 0 Å². The van der Waals surface area contributed by atoms with E-state index in [0.717, 1.165) is 22.7 Å². The van der Waals surface area contributed by atoms with Gasteiger partial charge in [0, 0.05) is 24.5 Å². The molecule has 0 radical (unpaired) electrons. The molecule has 0 saturated heterocycles. The molecule has 2 rings (SSSR count). The summed E-state index contributed by atoms with van der Waals surface area (Å²) in [6.45, 7) is 6.57. The minimum absolute atomic E-state index is 0.527. The molecule has 0 bridgehead atoms. The second kappa shape index (κ2) is 7.11. The average molecular weight is 323 g/mol. The highest BCUT2D eigenvalue weighted by Gasteiger charge is 2.22. The molecule has 22 heavy (non-hydrogen) atoms. The maximum atomic E-state index is 11.6. The zero-order chi connectivity index (χ0) is 16.2. The highest BCUT2D eigenvalue weighted by atomic mass is 32.2. The molecule has 0 aliphatic carbocycles. The summed E-state index contributed by atoms with van der Waals surface area (Å²) in [5.41, 5.74) is 1.62. The van der Waals surface area contributed by atoms with Crippen molar-refractivity contribution in [3.63, 3.8) is 0 Å². The Hall–Kier alpha value is -1.60. The predicted octanol–water partition coefficient (Wildman–Crippen LogP) is 3.15. The lowest BCUT2D eigenvalue weighted by atomic mass is 10.0. The number of aromatic nitrogens is 2. The van der Waals surface area contributed by atoms with Crippen molar-refractivity contribution < 1.29 is 14.4 Å². The normalized spacial score (nSPS) is 16.1. The Morgan fingerprint density at radius 3 is 2.50 bits per heavy atom. The van der Waals surface area contributed by atoms with Gasteiger partial charge in [0.15, 0.2) is 5.16 Å². The van der Waals surface area contributed by atoms with E-state index in [0.29, 0.717) is 13.1 Å². The van der Waals surface area contributed by atoms with Crippen molar-refractivity contribution in [2.45, 2.75) is 37.9 Å². The molecule has 1 aromatic rings. The largest absolute Gasteiger partial charge is 0.528 e. The molecule has 0 unspecified atom stereocenters. The number of rotatable bonds is 3. The number of carbonyl (C=O) groups is 1. The molecular weight excluding hydrogens is 302 g/mol. The SMILES string of the molecule is CSc1ncc(C2=CCN(OC(=O)OC(C)(C)C)CC2)cn1. The molecule has 120 valence electrons. The van der Waals surface area contributed by atoms with Crippen molar-refractivity contribution in [3.8, 4) is 0 Å². The third-order valence-electron chi connectivity index (χ3n) is 2.95. The molecule has 1 aliphatic heterocycles. The maximum Gasteiger partial charge on any atom is 0.528 e. The smallest absolute Gasteiger partial charge is 0.427 e. The second-order valence-electron chi connectivity index (χ2n) is 5.88. The van der Waals surface area contributed by atoms with Crippen LogP contribution in [0.1, 0.15) is 32.8 Å². The van der Waals surface area contributed by atoms with E-state index in [4.69, 9.17) is 9.57 Å². The van der Waals surface area contributed by atoms with Gasteiger partial charge >= 0.3 is 6.16 Å². The topological polar surface area (TPSA) is 64.6 Å². The molecule has 0 atom stereocenters. The molecule has 6 nitrogen and oxygen atoms in total. The van der Waals surface area contributed by atoms with Crippen molar-refractivity contribution in [3.05, 3.63) is 24.0 Å². The molecular formula is C15H21N3O3S. The van der Waals surface area contributed by atoms with Crippen LogP contribution < -0.4 is 0 Å². The highest BCUT2D eigenvalue weighted by molar-refractivity contribution is 7.98. The Balaban J connectivity index is 1.90. The van der Waals surface area contributed by atoms with Gasteiger partial charge in [-0.1, -0.05) is 17.8 Å². The summed E-state index contributed by atoms with van der Waals surface area (Å²) in [6.07, 6.45) is 7.72. The first-order chi connectivity index (χ1) is 10.4. The zero-order valence-electron chi connectivity index (χ0n) is 13.3. The first-order valence-electron chi connectivity index (χ1n) is 7.09. The quantitative estimate of drug-likeness (QED) is 0.481. The molecule has 0 amide bonds. The van der Waals surface area contributed by atoms with Crippen LogP contribution in [-0.2, 0) is 9.57 Å². The lowest BCUT2D eigenvalue weighted by molar-refractivity contribution is -0.137. The number of nitrogens with zero attached hydrogens (tertiary/aromatic N) is 3. The van der Waals surface area contributed by atoms with Gasteiger partial charge in [0.05, 0.1) is 6.54 Å². The van der Waals surface area contributed by atoms with Gasteiger partial charge < -0.3 is 9.57 Å². The fourth-order valence-corrected chi connectivity index (χ4v) is 2.27. The number of hydroxylamine groups is 2. The third-order valence-corrected chi connectivity index (χ3v) is 3.52. The van der Waals surface area contributed by atoms with Crippen molar-refractivity contribution in [2.24, 2.45) is 0 Å². The van der Waals surface area contributed by atoms with E-state index in [2.05, 4.69) is 9.97 Å². The highest BCUT2D eigenvalue weighted by Crippen LogP contribution is 2.22. The van der Waals surface area contributed by atoms with Crippen molar-refractivity contribution in [1.82, 2.24) is 15.0 Å². The number of thioether (sulfide) groups is 1. The Bertz CT molecular complexity index is 552. The molecule has 7 heteroatoms. The molecule has 1 aliphatic rings. The Morgan fingerprint density at radius 2 is 2.00 bits per heavy atom. The Morgan fingerprint density at radius 1 is 1.32 bits per heavy atom. The Labute approximate surface area is 134 Å². The van der Waals surface area contributed by atoms with Crippen LogP contribution in [0.25, 0.3) is 5.57 Å². The number of hydrogen-bond donors (Lipinski definition) is 0. The van der Waals surface area contributed by atoms with Crippen molar-refractivity contribution in [2.75, 3.05) is 19.3 Å².